The van der Waals surface area contributed by atoms with Gasteiger partial charge in [-0.1, -0.05) is 0 Å². The second kappa shape index (κ2) is 3.25. The van der Waals surface area contributed by atoms with Gasteiger partial charge < -0.3 is 14.6 Å². The number of hydrogen-bond donors (Lipinski definition) is 1. The van der Waals surface area contributed by atoms with Gasteiger partial charge in [0.1, 0.15) is 0 Å². The van der Waals surface area contributed by atoms with Crippen LogP contribution in [0.4, 0.5) is 0 Å². The lowest BCUT2D eigenvalue weighted by atomic mass is 10.2. The first-order valence-corrected chi connectivity index (χ1v) is 4.13. The molecule has 0 amide bonds. The van der Waals surface area contributed by atoms with Crippen LogP contribution in [0.2, 0.25) is 0 Å². The van der Waals surface area contributed by atoms with Crippen LogP contribution in [-0.4, -0.2) is 35.9 Å². The first-order valence-electron chi connectivity index (χ1n) is 4.13. The van der Waals surface area contributed by atoms with Gasteiger partial charge in [0.05, 0.1) is 18.5 Å². The number of ether oxygens (including phenoxy) is 1. The summed E-state index contributed by atoms with van der Waals surface area (Å²) < 4.78 is 7.43. The second-order valence-corrected chi connectivity index (χ2v) is 3.01. The zero-order valence-corrected chi connectivity index (χ0v) is 7.10. The summed E-state index contributed by atoms with van der Waals surface area (Å²) in [6.07, 6.45) is 5.89. The Kier molecular flexibility index (Phi) is 2.10. The molecule has 0 unspecified atom stereocenters. The SMILES string of the molecule is CO[C@H]1CNC[C@@H]1n1ccnc1. The Morgan fingerprint density at radius 3 is 3.17 bits per heavy atom. The van der Waals surface area contributed by atoms with Crippen LogP contribution in [0.25, 0.3) is 0 Å². The molecule has 0 aliphatic carbocycles. The fraction of sp³-hybridized carbons (Fsp3) is 0.625. The standard InChI is InChI=1S/C8H13N3O/c1-12-8-5-10-4-7(8)11-3-2-9-6-11/h2-3,6-8,10H,4-5H2,1H3/t7-,8-/m0/s1. The Hall–Kier alpha value is -0.870. The highest BCUT2D eigenvalue weighted by Crippen LogP contribution is 2.17. The molecule has 1 aromatic rings. The predicted molar refractivity (Wildman–Crippen MR) is 44.9 cm³/mol. The van der Waals surface area contributed by atoms with E-state index in [0.29, 0.717) is 6.04 Å². The summed E-state index contributed by atoms with van der Waals surface area (Å²) in [5, 5.41) is 3.29. The zero-order valence-electron chi connectivity index (χ0n) is 7.10. The van der Waals surface area contributed by atoms with Gasteiger partial charge >= 0.3 is 0 Å². The van der Waals surface area contributed by atoms with Crippen molar-refractivity contribution in [1.82, 2.24) is 14.9 Å². The van der Waals surface area contributed by atoms with E-state index in [9.17, 15) is 0 Å². The van der Waals surface area contributed by atoms with Crippen LogP contribution in [0.3, 0.4) is 0 Å². The molecule has 0 saturated carbocycles. The van der Waals surface area contributed by atoms with Crippen LogP contribution in [0.1, 0.15) is 6.04 Å². The van der Waals surface area contributed by atoms with Gasteiger partial charge in [-0.2, -0.15) is 0 Å². The van der Waals surface area contributed by atoms with Crippen molar-refractivity contribution in [2.75, 3.05) is 20.2 Å². The molecule has 1 aliphatic heterocycles. The minimum absolute atomic E-state index is 0.277. The van der Waals surface area contributed by atoms with Gasteiger partial charge in [0.15, 0.2) is 0 Å². The van der Waals surface area contributed by atoms with Crippen LogP contribution >= 0.6 is 0 Å². The lowest BCUT2D eigenvalue weighted by molar-refractivity contribution is 0.0866. The Bertz CT molecular complexity index is 234. The maximum absolute atomic E-state index is 5.34. The Labute approximate surface area is 71.6 Å². The van der Waals surface area contributed by atoms with E-state index < -0.39 is 0 Å². The quantitative estimate of drug-likeness (QED) is 0.676. The van der Waals surface area contributed by atoms with Gasteiger partial charge in [-0.25, -0.2) is 4.98 Å². The third-order valence-electron chi connectivity index (χ3n) is 2.34. The number of nitrogens with one attached hydrogen (secondary N) is 1. The van der Waals surface area contributed by atoms with E-state index in [-0.39, 0.29) is 6.10 Å². The minimum atomic E-state index is 0.277. The lowest BCUT2D eigenvalue weighted by Gasteiger charge is -2.17. The molecule has 1 fully saturated rings. The van der Waals surface area contributed by atoms with Gasteiger partial charge in [-0.3, -0.25) is 0 Å². The molecular weight excluding hydrogens is 154 g/mol. The van der Waals surface area contributed by atoms with Crippen molar-refractivity contribution >= 4 is 0 Å². The molecule has 1 saturated heterocycles. The molecule has 0 bridgehead atoms. The van der Waals surface area contributed by atoms with Crippen LogP contribution in [0, 0.1) is 0 Å². The molecule has 4 nitrogen and oxygen atoms in total. The molecule has 0 radical (unpaired) electrons. The minimum Gasteiger partial charge on any atom is -0.378 e. The van der Waals surface area contributed by atoms with E-state index >= 15 is 0 Å². The van der Waals surface area contributed by atoms with E-state index in [1.807, 2.05) is 12.5 Å². The van der Waals surface area contributed by atoms with Crippen LogP contribution < -0.4 is 5.32 Å². The van der Waals surface area contributed by atoms with E-state index in [1.165, 1.54) is 0 Å². The van der Waals surface area contributed by atoms with Crippen LogP contribution in [-0.2, 0) is 4.74 Å². The molecule has 2 heterocycles. The summed E-state index contributed by atoms with van der Waals surface area (Å²) in [5.74, 6) is 0. The predicted octanol–water partition coefficient (Wildman–Crippen LogP) is 0.0424. The first kappa shape index (κ1) is 7.76. The maximum atomic E-state index is 5.34. The van der Waals surface area contributed by atoms with Crippen molar-refractivity contribution in [3.63, 3.8) is 0 Å². The Balaban J connectivity index is 2.13. The lowest BCUT2D eigenvalue weighted by Crippen LogP contribution is -2.23. The fourth-order valence-corrected chi connectivity index (χ4v) is 1.64. The number of aromatic nitrogens is 2. The van der Waals surface area contributed by atoms with E-state index in [1.54, 1.807) is 13.3 Å². The average Bonchev–Trinajstić information content (AvgIpc) is 2.74. The summed E-state index contributed by atoms with van der Waals surface area (Å²) >= 11 is 0. The van der Waals surface area contributed by atoms with Crippen molar-refractivity contribution in [3.05, 3.63) is 18.7 Å². The molecule has 4 heteroatoms. The topological polar surface area (TPSA) is 39.1 Å². The number of hydrogen-bond acceptors (Lipinski definition) is 3. The van der Waals surface area contributed by atoms with Gasteiger partial charge in [0.25, 0.3) is 0 Å². The van der Waals surface area contributed by atoms with Gasteiger partial charge in [-0.05, 0) is 0 Å². The largest absolute Gasteiger partial charge is 0.378 e. The molecule has 0 aromatic carbocycles. The molecule has 1 N–H and O–H groups in total. The number of methoxy groups -OCH3 is 1. The normalized spacial score (nSPS) is 29.4. The fourth-order valence-electron chi connectivity index (χ4n) is 1.64. The molecule has 66 valence electrons. The summed E-state index contributed by atoms with van der Waals surface area (Å²) in [6, 6.07) is 0.400. The van der Waals surface area contributed by atoms with Crippen LogP contribution in [0.15, 0.2) is 18.7 Å². The maximum Gasteiger partial charge on any atom is 0.0949 e. The van der Waals surface area contributed by atoms with Crippen molar-refractivity contribution in [2.24, 2.45) is 0 Å². The Morgan fingerprint density at radius 2 is 2.50 bits per heavy atom. The highest BCUT2D eigenvalue weighted by molar-refractivity contribution is 4.91. The molecule has 2 rings (SSSR count). The number of rotatable bonds is 2. The molecule has 1 aromatic heterocycles. The van der Waals surface area contributed by atoms with Gasteiger partial charge in [0, 0.05) is 32.6 Å². The number of nitrogens with zero attached hydrogens (tertiary/aromatic N) is 2. The van der Waals surface area contributed by atoms with E-state index in [0.717, 1.165) is 13.1 Å². The van der Waals surface area contributed by atoms with Crippen molar-refractivity contribution in [1.29, 1.82) is 0 Å². The third-order valence-corrected chi connectivity index (χ3v) is 2.34. The summed E-state index contributed by atoms with van der Waals surface area (Å²) in [5.41, 5.74) is 0. The summed E-state index contributed by atoms with van der Waals surface area (Å²) in [7, 11) is 1.75. The number of imidazole rings is 1. The zero-order chi connectivity index (χ0) is 8.39. The van der Waals surface area contributed by atoms with Crippen molar-refractivity contribution in [2.45, 2.75) is 12.1 Å². The summed E-state index contributed by atoms with van der Waals surface area (Å²) in [4.78, 5) is 4.02. The van der Waals surface area contributed by atoms with Gasteiger partial charge in [0.2, 0.25) is 0 Å². The second-order valence-electron chi connectivity index (χ2n) is 3.01. The monoisotopic (exact) mass is 167 g/mol. The average molecular weight is 167 g/mol. The van der Waals surface area contributed by atoms with Gasteiger partial charge in [-0.15, -0.1) is 0 Å². The summed E-state index contributed by atoms with van der Waals surface area (Å²) in [6.45, 7) is 1.90. The smallest absolute Gasteiger partial charge is 0.0949 e. The molecule has 1 aliphatic rings. The highest BCUT2D eigenvalue weighted by Gasteiger charge is 2.27. The van der Waals surface area contributed by atoms with Crippen molar-refractivity contribution < 1.29 is 4.74 Å². The van der Waals surface area contributed by atoms with Crippen LogP contribution in [0.5, 0.6) is 0 Å². The third kappa shape index (κ3) is 1.23. The van der Waals surface area contributed by atoms with E-state index in [2.05, 4.69) is 14.9 Å². The molecule has 0 spiro atoms. The Morgan fingerprint density at radius 1 is 1.58 bits per heavy atom. The molecule has 2 atom stereocenters. The highest BCUT2D eigenvalue weighted by atomic mass is 16.5. The molecular formula is C8H13N3O. The molecule has 12 heavy (non-hydrogen) atoms. The van der Waals surface area contributed by atoms with Crippen molar-refractivity contribution in [3.8, 4) is 0 Å². The first-order chi connectivity index (χ1) is 5.92. The van der Waals surface area contributed by atoms with E-state index in [4.69, 9.17) is 4.74 Å².